The second-order valence-electron chi connectivity index (χ2n) is 9.28. The van der Waals surface area contributed by atoms with E-state index in [2.05, 4.69) is 25.9 Å². The first-order valence-electron chi connectivity index (χ1n) is 12.4. The number of methoxy groups -OCH3 is 1. The van der Waals surface area contributed by atoms with E-state index < -0.39 is 16.4 Å². The van der Waals surface area contributed by atoms with Crippen molar-refractivity contribution in [3.8, 4) is 5.75 Å². The third kappa shape index (κ3) is 6.75. The molecule has 39 heavy (non-hydrogen) atoms. The Morgan fingerprint density at radius 1 is 1.10 bits per heavy atom. The number of para-hydroxylation sites is 1. The van der Waals surface area contributed by atoms with Crippen molar-refractivity contribution in [2.24, 2.45) is 0 Å². The molecule has 1 atom stereocenters. The normalized spacial score (nSPS) is 15.6. The Labute approximate surface area is 232 Å². The van der Waals surface area contributed by atoms with E-state index in [1.807, 2.05) is 12.1 Å². The fourth-order valence-corrected chi connectivity index (χ4v) is 5.69. The first kappa shape index (κ1) is 28.9. The van der Waals surface area contributed by atoms with Crippen LogP contribution in [0.25, 0.3) is 0 Å². The van der Waals surface area contributed by atoms with Gasteiger partial charge in [0.25, 0.3) is 6.43 Å². The van der Waals surface area contributed by atoms with Gasteiger partial charge in [-0.15, -0.1) is 0 Å². The molecule has 0 aliphatic heterocycles. The predicted octanol–water partition coefficient (Wildman–Crippen LogP) is 4.98. The van der Waals surface area contributed by atoms with Crippen molar-refractivity contribution < 1.29 is 21.9 Å². The zero-order valence-electron chi connectivity index (χ0n) is 21.8. The van der Waals surface area contributed by atoms with E-state index in [1.54, 1.807) is 25.3 Å². The predicted molar refractivity (Wildman–Crippen MR) is 148 cm³/mol. The molecule has 0 spiro atoms. The Kier molecular flexibility index (Phi) is 9.21. The fourth-order valence-electron chi connectivity index (χ4n) is 4.52. The third-order valence-corrected chi connectivity index (χ3v) is 8.67. The summed E-state index contributed by atoms with van der Waals surface area (Å²) >= 11 is 6.36. The second-order valence-corrected chi connectivity index (χ2v) is 11.8. The van der Waals surface area contributed by atoms with Crippen molar-refractivity contribution in [2.45, 2.75) is 43.0 Å². The smallest absolute Gasteiger partial charge is 0.250 e. The van der Waals surface area contributed by atoms with Crippen LogP contribution in [0.5, 0.6) is 5.75 Å². The molecule has 3 aromatic rings. The number of halogens is 3. The maximum Gasteiger partial charge on any atom is 0.250 e. The van der Waals surface area contributed by atoms with Crippen molar-refractivity contribution in [1.82, 2.24) is 19.6 Å². The molecule has 1 aromatic heterocycles. The molecule has 0 saturated carbocycles. The van der Waals surface area contributed by atoms with Gasteiger partial charge in [-0.05, 0) is 55.0 Å². The third-order valence-electron chi connectivity index (χ3n) is 6.52. The van der Waals surface area contributed by atoms with Crippen molar-refractivity contribution in [2.75, 3.05) is 38.4 Å². The molecule has 1 unspecified atom stereocenters. The van der Waals surface area contributed by atoms with Crippen molar-refractivity contribution in [1.29, 1.82) is 0 Å². The van der Waals surface area contributed by atoms with Crippen LogP contribution in [0.4, 0.5) is 31.9 Å². The molecule has 0 fully saturated rings. The van der Waals surface area contributed by atoms with Crippen LogP contribution in [0.2, 0.25) is 5.02 Å². The number of hydrogen-bond donors (Lipinski definition) is 3. The van der Waals surface area contributed by atoms with Crippen LogP contribution in [-0.2, 0) is 22.9 Å². The summed E-state index contributed by atoms with van der Waals surface area (Å²) in [5.41, 5.74) is 3.07. The number of ether oxygens (including phenoxy) is 1. The first-order chi connectivity index (χ1) is 18.6. The Morgan fingerprint density at radius 3 is 2.56 bits per heavy atom. The number of sulfonamides is 1. The molecule has 0 saturated heterocycles. The summed E-state index contributed by atoms with van der Waals surface area (Å²) in [6, 6.07) is 10.3. The number of rotatable bonds is 10. The van der Waals surface area contributed by atoms with Crippen molar-refractivity contribution >= 4 is 44.8 Å². The van der Waals surface area contributed by atoms with Gasteiger partial charge in [-0.2, -0.15) is 4.98 Å². The lowest BCUT2D eigenvalue weighted by molar-refractivity contribution is 0.140. The van der Waals surface area contributed by atoms with Gasteiger partial charge in [0.05, 0.1) is 31.2 Å². The average Bonchev–Trinajstić information content (AvgIpc) is 3.12. The molecule has 0 radical (unpaired) electrons. The molecular weight excluding hydrogens is 550 g/mol. The number of nitrogens with zero attached hydrogens (tertiary/aromatic N) is 3. The number of aromatic nitrogens is 2. The molecule has 4 rings (SSSR count). The number of alkyl halides is 2. The summed E-state index contributed by atoms with van der Waals surface area (Å²) in [6.07, 6.45) is 1.91. The highest BCUT2D eigenvalue weighted by atomic mass is 35.5. The fraction of sp³-hybridized carbons (Fsp3) is 0.385. The molecule has 2 aromatic carbocycles. The molecule has 9 nitrogen and oxygen atoms in total. The summed E-state index contributed by atoms with van der Waals surface area (Å²) in [6.45, 7) is -0.319. The van der Waals surface area contributed by atoms with Gasteiger partial charge < -0.3 is 20.7 Å². The number of hydrogen-bond acceptors (Lipinski definition) is 8. The van der Waals surface area contributed by atoms with E-state index in [9.17, 15) is 17.2 Å². The summed E-state index contributed by atoms with van der Waals surface area (Å²) in [5.74, 6) is 1.08. The maximum absolute atomic E-state index is 12.8. The maximum atomic E-state index is 12.8. The largest absolute Gasteiger partial charge is 0.494 e. The quantitative estimate of drug-likeness (QED) is 0.288. The van der Waals surface area contributed by atoms with E-state index in [1.165, 1.54) is 26.4 Å². The second kappa shape index (κ2) is 12.4. The zero-order chi connectivity index (χ0) is 28.2. The number of benzene rings is 2. The molecule has 13 heteroatoms. The molecule has 1 heterocycles. The van der Waals surface area contributed by atoms with Crippen LogP contribution >= 0.6 is 11.6 Å². The van der Waals surface area contributed by atoms with Crippen LogP contribution in [0.1, 0.15) is 24.0 Å². The van der Waals surface area contributed by atoms with Gasteiger partial charge >= 0.3 is 0 Å². The van der Waals surface area contributed by atoms with Gasteiger partial charge in [0.15, 0.2) is 5.82 Å². The molecule has 1 aliphatic carbocycles. The van der Waals surface area contributed by atoms with Crippen LogP contribution in [-0.4, -0.2) is 62.9 Å². The minimum absolute atomic E-state index is 0.0000610. The SMILES string of the molecule is COc1c(Nc2ncc(Cl)c(Nc3ccccc3S(=O)(=O)N(C)C)n2)ccc2c1CCC(NCC(F)F)CC2. The molecule has 0 bridgehead atoms. The first-order valence-corrected chi connectivity index (χ1v) is 14.2. The summed E-state index contributed by atoms with van der Waals surface area (Å²) < 4.78 is 57.8. The van der Waals surface area contributed by atoms with E-state index in [-0.39, 0.29) is 34.3 Å². The van der Waals surface area contributed by atoms with Gasteiger partial charge in [-0.1, -0.05) is 29.8 Å². The van der Waals surface area contributed by atoms with Crippen LogP contribution in [0.3, 0.4) is 0 Å². The lowest BCUT2D eigenvalue weighted by atomic mass is 10.0. The van der Waals surface area contributed by atoms with E-state index in [0.717, 1.165) is 28.3 Å². The minimum Gasteiger partial charge on any atom is -0.494 e. The standard InChI is InChI=1S/C26H31ClF2N6O3S/c1-35(2)39(36,37)22-7-5-4-6-20(22)32-25-19(27)14-31-26(34-25)33-21-13-9-16-8-10-17(30-15-23(28)29)11-12-18(16)24(21)38-3/h4-7,9,13-14,17,23,30H,8,10-12,15H2,1-3H3,(H2,31,32,33,34). The molecular formula is C26H31ClF2N6O3S. The highest BCUT2D eigenvalue weighted by molar-refractivity contribution is 7.89. The number of anilines is 4. The molecule has 3 N–H and O–H groups in total. The number of fused-ring (bicyclic) bond motifs is 1. The Balaban J connectivity index is 1.58. The molecule has 0 amide bonds. The summed E-state index contributed by atoms with van der Waals surface area (Å²) in [5, 5.41) is 9.35. The lowest BCUT2D eigenvalue weighted by Crippen LogP contribution is -2.33. The van der Waals surface area contributed by atoms with Crippen LogP contribution < -0.4 is 20.7 Å². The van der Waals surface area contributed by atoms with Crippen LogP contribution in [0, 0.1) is 0 Å². The number of aryl methyl sites for hydroxylation is 1. The van der Waals surface area contributed by atoms with Crippen LogP contribution in [0.15, 0.2) is 47.5 Å². The highest BCUT2D eigenvalue weighted by Gasteiger charge is 2.23. The van der Waals surface area contributed by atoms with Gasteiger partial charge in [0, 0.05) is 20.1 Å². The Morgan fingerprint density at radius 2 is 1.85 bits per heavy atom. The topological polar surface area (TPSA) is 108 Å². The van der Waals surface area contributed by atoms with Crippen molar-refractivity contribution in [3.63, 3.8) is 0 Å². The van der Waals surface area contributed by atoms with Crippen molar-refractivity contribution in [3.05, 3.63) is 58.7 Å². The lowest BCUT2D eigenvalue weighted by Gasteiger charge is -2.18. The summed E-state index contributed by atoms with van der Waals surface area (Å²) in [4.78, 5) is 8.83. The van der Waals surface area contributed by atoms with Gasteiger partial charge in [-0.3, -0.25) is 0 Å². The minimum atomic E-state index is -3.72. The Bertz CT molecular complexity index is 1420. The van der Waals surface area contributed by atoms with Gasteiger partial charge in [0.1, 0.15) is 15.7 Å². The highest BCUT2D eigenvalue weighted by Crippen LogP contribution is 2.37. The van der Waals surface area contributed by atoms with E-state index in [0.29, 0.717) is 30.0 Å². The average molecular weight is 581 g/mol. The van der Waals surface area contributed by atoms with Gasteiger partial charge in [0.2, 0.25) is 16.0 Å². The van der Waals surface area contributed by atoms with E-state index >= 15 is 0 Å². The molecule has 1 aliphatic rings. The van der Waals surface area contributed by atoms with Gasteiger partial charge in [-0.25, -0.2) is 26.5 Å². The zero-order valence-corrected chi connectivity index (χ0v) is 23.4. The Hall–Kier alpha value is -3.06. The molecule has 210 valence electrons. The number of nitrogens with one attached hydrogen (secondary N) is 3. The summed E-state index contributed by atoms with van der Waals surface area (Å²) in [7, 11) is 0.774. The monoisotopic (exact) mass is 580 g/mol. The van der Waals surface area contributed by atoms with E-state index in [4.69, 9.17) is 16.3 Å².